The summed E-state index contributed by atoms with van der Waals surface area (Å²) in [7, 11) is 1.60. The predicted octanol–water partition coefficient (Wildman–Crippen LogP) is 1.92. The van der Waals surface area contributed by atoms with E-state index >= 15 is 0 Å². The van der Waals surface area contributed by atoms with E-state index in [2.05, 4.69) is 20.2 Å². The predicted molar refractivity (Wildman–Crippen MR) is 72.8 cm³/mol. The van der Waals surface area contributed by atoms with Crippen LogP contribution in [0.2, 0.25) is 0 Å². The van der Waals surface area contributed by atoms with Gasteiger partial charge < -0.3 is 10.5 Å². The summed E-state index contributed by atoms with van der Waals surface area (Å²) in [5.41, 5.74) is 10.8. The van der Waals surface area contributed by atoms with Gasteiger partial charge in [0.2, 0.25) is 0 Å². The Kier molecular flexibility index (Phi) is 2.56. The smallest absolute Gasteiger partial charge is 0.142 e. The lowest BCUT2D eigenvalue weighted by Gasteiger charge is -2.11. The second kappa shape index (κ2) is 4.24. The third-order valence-electron chi connectivity index (χ3n) is 3.16. The highest BCUT2D eigenvalue weighted by molar-refractivity contribution is 5.93. The van der Waals surface area contributed by atoms with Gasteiger partial charge in [0.25, 0.3) is 0 Å². The van der Waals surface area contributed by atoms with E-state index in [-0.39, 0.29) is 0 Å². The molecule has 0 amide bonds. The summed E-state index contributed by atoms with van der Waals surface area (Å²) >= 11 is 0. The fourth-order valence-corrected chi connectivity index (χ4v) is 2.07. The molecule has 0 saturated heterocycles. The van der Waals surface area contributed by atoms with Crippen LogP contribution in [0.3, 0.4) is 0 Å². The lowest BCUT2D eigenvalue weighted by Crippen LogP contribution is -2.00. The van der Waals surface area contributed by atoms with Gasteiger partial charge in [0.05, 0.1) is 36.4 Å². The maximum Gasteiger partial charge on any atom is 0.142 e. The van der Waals surface area contributed by atoms with Crippen molar-refractivity contribution in [2.45, 2.75) is 6.92 Å². The van der Waals surface area contributed by atoms with Gasteiger partial charge in [0.1, 0.15) is 11.3 Å². The number of pyridine rings is 2. The molecule has 0 aliphatic rings. The number of hydrogen-bond acceptors (Lipinski definition) is 5. The Hall–Kier alpha value is -2.63. The third kappa shape index (κ3) is 1.69. The number of nitrogen functional groups attached to an aromatic ring is 1. The number of aromatic amines is 1. The number of aromatic nitrogens is 4. The monoisotopic (exact) mass is 255 g/mol. The van der Waals surface area contributed by atoms with E-state index in [4.69, 9.17) is 10.5 Å². The molecule has 3 N–H and O–H groups in total. The summed E-state index contributed by atoms with van der Waals surface area (Å²) in [6.45, 7) is 1.91. The number of nitrogens with zero attached hydrogens (tertiary/aromatic N) is 3. The van der Waals surface area contributed by atoms with E-state index in [0.29, 0.717) is 17.1 Å². The topological polar surface area (TPSA) is 89.7 Å². The molecule has 0 spiro atoms. The summed E-state index contributed by atoms with van der Waals surface area (Å²) in [6, 6.07) is 1.87. The Morgan fingerprint density at radius 1 is 1.26 bits per heavy atom. The maximum absolute atomic E-state index is 6.15. The summed E-state index contributed by atoms with van der Waals surface area (Å²) < 4.78 is 5.21. The van der Waals surface area contributed by atoms with Crippen LogP contribution in [0.1, 0.15) is 5.56 Å². The number of nitrogens with two attached hydrogens (primary N) is 1. The molecule has 0 aliphatic carbocycles. The van der Waals surface area contributed by atoms with Crippen molar-refractivity contribution in [2.24, 2.45) is 0 Å². The summed E-state index contributed by atoms with van der Waals surface area (Å²) in [5.74, 6) is 0.677. The van der Waals surface area contributed by atoms with Gasteiger partial charge in [-0.3, -0.25) is 15.1 Å². The summed E-state index contributed by atoms with van der Waals surface area (Å²) in [6.07, 6.45) is 5.06. The molecule has 0 bridgehead atoms. The minimum Gasteiger partial charge on any atom is -0.495 e. The number of ether oxygens (including phenoxy) is 1. The first-order valence-electron chi connectivity index (χ1n) is 5.80. The van der Waals surface area contributed by atoms with Gasteiger partial charge >= 0.3 is 0 Å². The lowest BCUT2D eigenvalue weighted by atomic mass is 10.1. The first-order chi connectivity index (χ1) is 9.22. The van der Waals surface area contributed by atoms with Crippen molar-refractivity contribution in [1.82, 2.24) is 20.2 Å². The molecule has 3 rings (SSSR count). The minimum atomic E-state index is 0.599. The van der Waals surface area contributed by atoms with Crippen LogP contribution in [0.4, 0.5) is 5.69 Å². The second-order valence-corrected chi connectivity index (χ2v) is 4.20. The number of H-pyrrole nitrogens is 1. The number of rotatable bonds is 2. The summed E-state index contributed by atoms with van der Waals surface area (Å²) in [4.78, 5) is 8.61. The Balaban J connectivity index is 2.28. The average Bonchev–Trinajstić information content (AvgIpc) is 2.90. The Morgan fingerprint density at radius 3 is 2.89 bits per heavy atom. The fourth-order valence-electron chi connectivity index (χ4n) is 2.07. The molecule has 0 atom stereocenters. The Bertz CT molecular complexity index is 750. The highest BCUT2D eigenvalue weighted by atomic mass is 16.5. The van der Waals surface area contributed by atoms with Gasteiger partial charge in [-0.2, -0.15) is 5.10 Å². The molecular weight excluding hydrogens is 242 g/mol. The first kappa shape index (κ1) is 11.5. The van der Waals surface area contributed by atoms with Crippen molar-refractivity contribution in [1.29, 1.82) is 0 Å². The molecule has 0 fully saturated rings. The largest absolute Gasteiger partial charge is 0.495 e. The van der Waals surface area contributed by atoms with Crippen LogP contribution < -0.4 is 10.5 Å². The molecule has 3 aromatic rings. The molecule has 6 nitrogen and oxygen atoms in total. The number of methoxy groups -OCH3 is 1. The lowest BCUT2D eigenvalue weighted by molar-refractivity contribution is 0.410. The van der Waals surface area contributed by atoms with Gasteiger partial charge in [-0.05, 0) is 13.0 Å². The van der Waals surface area contributed by atoms with E-state index in [0.717, 1.165) is 22.2 Å². The molecular formula is C13H13N5O. The normalized spacial score (nSPS) is 10.8. The Labute approximate surface area is 109 Å². The number of hydrogen-bond donors (Lipinski definition) is 2. The second-order valence-electron chi connectivity index (χ2n) is 4.20. The van der Waals surface area contributed by atoms with Crippen LogP contribution in [0.5, 0.6) is 5.75 Å². The SMILES string of the molecule is COc1cnc(-c2ccnc3cn[nH]c23)c(N)c1C. The van der Waals surface area contributed by atoms with Crippen LogP contribution in [0, 0.1) is 6.92 Å². The van der Waals surface area contributed by atoms with E-state index in [9.17, 15) is 0 Å². The molecule has 3 aromatic heterocycles. The molecule has 3 heterocycles. The molecule has 0 radical (unpaired) electrons. The minimum absolute atomic E-state index is 0.599. The molecule has 0 saturated carbocycles. The van der Waals surface area contributed by atoms with E-state index in [1.54, 1.807) is 25.7 Å². The van der Waals surface area contributed by atoms with E-state index in [1.807, 2.05) is 13.0 Å². The summed E-state index contributed by atoms with van der Waals surface area (Å²) in [5, 5.41) is 6.92. The average molecular weight is 255 g/mol. The van der Waals surface area contributed by atoms with Gasteiger partial charge in [-0.1, -0.05) is 0 Å². The van der Waals surface area contributed by atoms with Crippen LogP contribution in [-0.4, -0.2) is 27.3 Å². The quantitative estimate of drug-likeness (QED) is 0.730. The highest BCUT2D eigenvalue weighted by Crippen LogP contribution is 2.33. The van der Waals surface area contributed by atoms with Crippen molar-refractivity contribution in [3.63, 3.8) is 0 Å². The zero-order chi connectivity index (χ0) is 13.4. The Morgan fingerprint density at radius 2 is 2.11 bits per heavy atom. The van der Waals surface area contributed by atoms with Crippen molar-refractivity contribution in [2.75, 3.05) is 12.8 Å². The maximum atomic E-state index is 6.15. The zero-order valence-electron chi connectivity index (χ0n) is 10.6. The van der Waals surface area contributed by atoms with Crippen molar-refractivity contribution < 1.29 is 4.74 Å². The van der Waals surface area contributed by atoms with Crippen LogP contribution in [-0.2, 0) is 0 Å². The van der Waals surface area contributed by atoms with Crippen LogP contribution in [0.15, 0.2) is 24.7 Å². The van der Waals surface area contributed by atoms with E-state index in [1.165, 1.54) is 0 Å². The molecule has 96 valence electrons. The van der Waals surface area contributed by atoms with Gasteiger partial charge in [0.15, 0.2) is 0 Å². The number of nitrogens with one attached hydrogen (secondary N) is 1. The van der Waals surface area contributed by atoms with Crippen LogP contribution in [0.25, 0.3) is 22.3 Å². The van der Waals surface area contributed by atoms with Crippen molar-refractivity contribution in [3.05, 3.63) is 30.2 Å². The van der Waals surface area contributed by atoms with Gasteiger partial charge in [-0.15, -0.1) is 0 Å². The van der Waals surface area contributed by atoms with E-state index < -0.39 is 0 Å². The molecule has 6 heteroatoms. The van der Waals surface area contributed by atoms with Crippen molar-refractivity contribution in [3.8, 4) is 17.0 Å². The highest BCUT2D eigenvalue weighted by Gasteiger charge is 2.14. The number of fused-ring (bicyclic) bond motifs is 1. The van der Waals surface area contributed by atoms with Gasteiger partial charge in [-0.25, -0.2) is 0 Å². The third-order valence-corrected chi connectivity index (χ3v) is 3.16. The fraction of sp³-hybridized carbons (Fsp3) is 0.154. The van der Waals surface area contributed by atoms with Gasteiger partial charge in [0, 0.05) is 17.3 Å². The standard InChI is InChI=1S/C13H13N5O/c1-7-10(19-2)6-16-13(11(7)14)8-3-4-15-9-5-17-18-12(8)9/h3-6H,14H2,1-2H3,(H,17,18). The molecule has 0 aromatic carbocycles. The zero-order valence-corrected chi connectivity index (χ0v) is 10.6. The number of anilines is 1. The van der Waals surface area contributed by atoms with Crippen LogP contribution >= 0.6 is 0 Å². The van der Waals surface area contributed by atoms with Crippen molar-refractivity contribution >= 4 is 16.7 Å². The molecule has 0 aliphatic heterocycles. The first-order valence-corrected chi connectivity index (χ1v) is 5.80. The molecule has 19 heavy (non-hydrogen) atoms. The molecule has 0 unspecified atom stereocenters.